The highest BCUT2D eigenvalue weighted by atomic mass is 32.2. The van der Waals surface area contributed by atoms with E-state index >= 15 is 0 Å². The number of carbonyl (C=O) groups excluding carboxylic acids is 2. The Bertz CT molecular complexity index is 1370. The van der Waals surface area contributed by atoms with Crippen LogP contribution in [0, 0.1) is 0 Å². The topological polar surface area (TPSA) is 146 Å². The minimum Gasteiger partial charge on any atom is -0.481 e. The number of H-pyrrole nitrogens is 1. The summed E-state index contributed by atoms with van der Waals surface area (Å²) in [7, 11) is -3.76. The number of fused-ring (bicyclic) bond motifs is 2. The van der Waals surface area contributed by atoms with Crippen molar-refractivity contribution in [3.63, 3.8) is 0 Å². The number of aliphatic carboxylic acids is 1. The predicted octanol–water partition coefficient (Wildman–Crippen LogP) is 2.06. The molecule has 1 aromatic carbocycles. The summed E-state index contributed by atoms with van der Waals surface area (Å²) in [5, 5.41) is 12.0. The maximum Gasteiger partial charge on any atom is 0.303 e. The summed E-state index contributed by atoms with van der Waals surface area (Å²) >= 11 is 0. The first-order valence-corrected chi connectivity index (χ1v) is 12.9. The van der Waals surface area contributed by atoms with Crippen molar-refractivity contribution in [2.45, 2.75) is 37.0 Å². The standard InChI is InChI=1S/C24H25N3O7S/c28-21-3-1-2-19-23(21)15(5-7-22(29)30)20(25-19)13-17-16-12-14(4-6-18(16)26-24(17)31)35(32,33)27-8-10-34-11-9-27/h4,6,12-13,25H,1-3,5,7-11H2,(H,26,31)(H,29,30)/b17-13-. The number of carboxylic acids is 1. The maximum atomic E-state index is 13.2. The van der Waals surface area contributed by atoms with Gasteiger partial charge in [0.2, 0.25) is 10.0 Å². The number of nitrogens with zero attached hydrogens (tertiary/aromatic N) is 1. The highest BCUT2D eigenvalue weighted by molar-refractivity contribution is 7.89. The smallest absolute Gasteiger partial charge is 0.303 e. The molecule has 1 fully saturated rings. The molecule has 184 valence electrons. The van der Waals surface area contributed by atoms with E-state index in [2.05, 4.69) is 10.3 Å². The lowest BCUT2D eigenvalue weighted by Gasteiger charge is -2.26. The zero-order valence-electron chi connectivity index (χ0n) is 18.9. The molecule has 0 unspecified atom stereocenters. The Hall–Kier alpha value is -3.28. The molecule has 2 aromatic rings. The monoisotopic (exact) mass is 499 g/mol. The van der Waals surface area contributed by atoms with Crippen LogP contribution in [0.15, 0.2) is 23.1 Å². The molecule has 11 heteroatoms. The van der Waals surface area contributed by atoms with Crippen LogP contribution in [0.1, 0.15) is 52.1 Å². The fourth-order valence-electron chi connectivity index (χ4n) is 4.86. The summed E-state index contributed by atoms with van der Waals surface area (Å²) in [6.07, 6.45) is 3.34. The number of rotatable bonds is 6. The van der Waals surface area contributed by atoms with E-state index in [9.17, 15) is 27.9 Å². The molecule has 3 aliphatic rings. The van der Waals surface area contributed by atoms with Crippen molar-refractivity contribution in [2.75, 3.05) is 31.6 Å². The average Bonchev–Trinajstić information content (AvgIpc) is 3.35. The Morgan fingerprint density at radius 3 is 2.69 bits per heavy atom. The molecular formula is C24H25N3O7S. The Morgan fingerprint density at radius 2 is 1.94 bits per heavy atom. The number of benzene rings is 1. The van der Waals surface area contributed by atoms with Crippen LogP contribution in [0.4, 0.5) is 5.69 Å². The van der Waals surface area contributed by atoms with Crippen LogP contribution >= 0.6 is 0 Å². The van der Waals surface area contributed by atoms with Crippen LogP contribution in [0.5, 0.6) is 0 Å². The maximum absolute atomic E-state index is 13.2. The number of anilines is 1. The third kappa shape index (κ3) is 4.30. The Kier molecular flexibility index (Phi) is 6.07. The van der Waals surface area contributed by atoms with Gasteiger partial charge in [0.1, 0.15) is 0 Å². The second-order valence-corrected chi connectivity index (χ2v) is 10.7. The van der Waals surface area contributed by atoms with Gasteiger partial charge in [-0.05, 0) is 49.1 Å². The van der Waals surface area contributed by atoms with Gasteiger partial charge in [-0.3, -0.25) is 14.4 Å². The zero-order chi connectivity index (χ0) is 24.7. The molecule has 0 bridgehead atoms. The number of hydrogen-bond acceptors (Lipinski definition) is 6. The number of carbonyl (C=O) groups is 3. The minimum atomic E-state index is -3.76. The molecule has 1 saturated heterocycles. The highest BCUT2D eigenvalue weighted by Gasteiger charge is 2.32. The highest BCUT2D eigenvalue weighted by Crippen LogP contribution is 2.37. The van der Waals surface area contributed by atoms with Crippen molar-refractivity contribution < 1.29 is 32.6 Å². The van der Waals surface area contributed by atoms with Gasteiger partial charge >= 0.3 is 5.97 Å². The number of aryl methyl sites for hydroxylation is 1. The van der Waals surface area contributed by atoms with Crippen molar-refractivity contribution in [2.24, 2.45) is 0 Å². The number of Topliss-reactive ketones (excluding diaryl/α,β-unsaturated/α-hetero) is 1. The first kappa shape index (κ1) is 23.5. The number of sulfonamides is 1. The van der Waals surface area contributed by atoms with Crippen molar-refractivity contribution in [1.29, 1.82) is 0 Å². The van der Waals surface area contributed by atoms with Crippen LogP contribution in [0.3, 0.4) is 0 Å². The lowest BCUT2D eigenvalue weighted by atomic mass is 9.91. The molecule has 2 aliphatic heterocycles. The SMILES string of the molecule is O=C(O)CCc1c(/C=C2\C(=O)Nc3ccc(S(=O)(=O)N4CCOCC4)cc32)[nH]c2c1C(=O)CCC2. The van der Waals surface area contributed by atoms with E-state index in [4.69, 9.17) is 4.74 Å². The third-order valence-corrected chi connectivity index (χ3v) is 8.48. The number of carboxylic acid groups (broad SMARTS) is 1. The normalized spacial score (nSPS) is 19.5. The fraction of sp³-hybridized carbons (Fsp3) is 0.375. The van der Waals surface area contributed by atoms with Crippen LogP contribution in [-0.2, 0) is 37.2 Å². The van der Waals surface area contributed by atoms with E-state index in [1.807, 2.05) is 0 Å². The van der Waals surface area contributed by atoms with Gasteiger partial charge in [-0.1, -0.05) is 0 Å². The number of ketones is 1. The van der Waals surface area contributed by atoms with Gasteiger partial charge in [0.15, 0.2) is 5.78 Å². The summed E-state index contributed by atoms with van der Waals surface area (Å²) in [4.78, 5) is 40.0. The molecule has 1 aromatic heterocycles. The molecular weight excluding hydrogens is 474 g/mol. The first-order valence-electron chi connectivity index (χ1n) is 11.5. The Labute approximate surface area is 202 Å². The van der Waals surface area contributed by atoms with Gasteiger partial charge in [0.05, 0.1) is 23.7 Å². The summed E-state index contributed by atoms with van der Waals surface area (Å²) in [6.45, 7) is 1.16. The molecule has 0 radical (unpaired) electrons. The Morgan fingerprint density at radius 1 is 1.17 bits per heavy atom. The van der Waals surface area contributed by atoms with E-state index < -0.39 is 21.9 Å². The average molecular weight is 500 g/mol. The lowest BCUT2D eigenvalue weighted by Crippen LogP contribution is -2.40. The summed E-state index contributed by atoms with van der Waals surface area (Å²) in [5.41, 5.74) is 3.53. The molecule has 0 saturated carbocycles. The van der Waals surface area contributed by atoms with E-state index in [1.165, 1.54) is 16.4 Å². The van der Waals surface area contributed by atoms with Crippen LogP contribution < -0.4 is 5.32 Å². The molecule has 1 aliphatic carbocycles. The van der Waals surface area contributed by atoms with Crippen molar-refractivity contribution in [1.82, 2.24) is 9.29 Å². The minimum absolute atomic E-state index is 0.0392. The van der Waals surface area contributed by atoms with Gasteiger partial charge in [0, 0.05) is 54.1 Å². The number of morpholine rings is 1. The molecule has 35 heavy (non-hydrogen) atoms. The molecule has 0 spiro atoms. The number of aromatic amines is 1. The largest absolute Gasteiger partial charge is 0.481 e. The Balaban J connectivity index is 1.57. The second-order valence-electron chi connectivity index (χ2n) is 8.78. The van der Waals surface area contributed by atoms with Crippen LogP contribution in [-0.4, -0.2) is 66.8 Å². The van der Waals surface area contributed by atoms with Gasteiger partial charge in [0.25, 0.3) is 5.91 Å². The molecule has 3 N–H and O–H groups in total. The summed E-state index contributed by atoms with van der Waals surface area (Å²) in [6, 6.07) is 4.52. The van der Waals surface area contributed by atoms with Gasteiger partial charge in [-0.25, -0.2) is 8.42 Å². The quantitative estimate of drug-likeness (QED) is 0.516. The van der Waals surface area contributed by atoms with Crippen LogP contribution in [0.2, 0.25) is 0 Å². The van der Waals surface area contributed by atoms with Crippen molar-refractivity contribution in [3.8, 4) is 0 Å². The van der Waals surface area contributed by atoms with Gasteiger partial charge < -0.3 is 20.1 Å². The molecule has 0 atom stereocenters. The second kappa shape index (κ2) is 9.06. The van der Waals surface area contributed by atoms with Gasteiger partial charge in [-0.15, -0.1) is 0 Å². The number of amides is 1. The van der Waals surface area contributed by atoms with Crippen molar-refractivity contribution >= 4 is 45.0 Å². The van der Waals surface area contributed by atoms with Crippen molar-refractivity contribution in [3.05, 3.63) is 46.3 Å². The number of nitrogens with one attached hydrogen (secondary N) is 2. The number of hydrogen-bond donors (Lipinski definition) is 3. The third-order valence-electron chi connectivity index (χ3n) is 6.58. The molecule has 10 nitrogen and oxygen atoms in total. The van der Waals surface area contributed by atoms with Crippen LogP contribution in [0.25, 0.3) is 11.6 Å². The summed E-state index contributed by atoms with van der Waals surface area (Å²) in [5.74, 6) is -1.42. The van der Waals surface area contributed by atoms with E-state index in [0.29, 0.717) is 60.5 Å². The predicted molar refractivity (Wildman–Crippen MR) is 127 cm³/mol. The zero-order valence-corrected chi connectivity index (χ0v) is 19.7. The van der Waals surface area contributed by atoms with Gasteiger partial charge in [-0.2, -0.15) is 4.31 Å². The number of aromatic nitrogens is 1. The number of ether oxygens (including phenoxy) is 1. The first-order chi connectivity index (χ1) is 16.8. The van der Waals surface area contributed by atoms with E-state index in [0.717, 1.165) is 5.69 Å². The molecule has 3 heterocycles. The molecule has 1 amide bonds. The lowest BCUT2D eigenvalue weighted by molar-refractivity contribution is -0.137. The summed E-state index contributed by atoms with van der Waals surface area (Å²) < 4.78 is 32.9. The fourth-order valence-corrected chi connectivity index (χ4v) is 6.29. The van der Waals surface area contributed by atoms with E-state index in [-0.39, 0.29) is 42.2 Å². The van der Waals surface area contributed by atoms with E-state index in [1.54, 1.807) is 12.1 Å². The molecule has 5 rings (SSSR count).